The van der Waals surface area contributed by atoms with E-state index in [1.54, 1.807) is 12.3 Å². The van der Waals surface area contributed by atoms with Gasteiger partial charge in [-0.3, -0.25) is 4.79 Å². The van der Waals surface area contributed by atoms with E-state index in [2.05, 4.69) is 11.9 Å². The largest absolute Gasteiger partial charge is 0.352 e. The standard InChI is InChI=1S/C12H16N2OS/c1-9-4-3-7-14(8-9)12(15)10-5-2-6-13-11(10)16/h2,5-6,9H,3-4,7-8H2,1H3,(H,13,16). The molecule has 1 atom stereocenters. The number of pyridine rings is 1. The number of H-pyrrole nitrogens is 1. The summed E-state index contributed by atoms with van der Waals surface area (Å²) in [4.78, 5) is 17.0. The minimum absolute atomic E-state index is 0.0633. The van der Waals surface area contributed by atoms with E-state index in [9.17, 15) is 4.79 Å². The summed E-state index contributed by atoms with van der Waals surface area (Å²) in [6, 6.07) is 3.61. The van der Waals surface area contributed by atoms with Crippen LogP contribution in [0.2, 0.25) is 0 Å². The Kier molecular flexibility index (Phi) is 3.39. The number of piperidine rings is 1. The molecule has 86 valence electrons. The lowest BCUT2D eigenvalue weighted by Crippen LogP contribution is -2.39. The van der Waals surface area contributed by atoms with Crippen LogP contribution in [0.1, 0.15) is 30.1 Å². The number of nitrogens with one attached hydrogen (secondary N) is 1. The van der Waals surface area contributed by atoms with Gasteiger partial charge in [-0.1, -0.05) is 19.1 Å². The van der Waals surface area contributed by atoms with Crippen molar-refractivity contribution in [2.24, 2.45) is 5.92 Å². The van der Waals surface area contributed by atoms with Gasteiger partial charge in [0.25, 0.3) is 5.91 Å². The maximum absolute atomic E-state index is 12.2. The van der Waals surface area contributed by atoms with E-state index in [-0.39, 0.29) is 5.91 Å². The highest BCUT2D eigenvalue weighted by Gasteiger charge is 2.22. The molecule has 2 heterocycles. The van der Waals surface area contributed by atoms with Crippen LogP contribution in [0.15, 0.2) is 18.3 Å². The Bertz CT molecular complexity index is 441. The van der Waals surface area contributed by atoms with Crippen LogP contribution in [0.25, 0.3) is 0 Å². The molecule has 3 nitrogen and oxygen atoms in total. The lowest BCUT2D eigenvalue weighted by atomic mass is 10.00. The zero-order chi connectivity index (χ0) is 11.5. The second kappa shape index (κ2) is 4.78. The number of hydrogen-bond acceptors (Lipinski definition) is 2. The van der Waals surface area contributed by atoms with Gasteiger partial charge in [0.1, 0.15) is 4.64 Å². The minimum Gasteiger partial charge on any atom is -0.352 e. The molecule has 1 aliphatic rings. The molecule has 1 amide bonds. The van der Waals surface area contributed by atoms with Crippen molar-refractivity contribution in [1.82, 2.24) is 9.88 Å². The molecule has 0 spiro atoms. The molecule has 4 heteroatoms. The van der Waals surface area contributed by atoms with Crippen LogP contribution < -0.4 is 0 Å². The molecule has 1 fully saturated rings. The first-order chi connectivity index (χ1) is 7.68. The molecular weight excluding hydrogens is 220 g/mol. The number of carbonyl (C=O) groups is 1. The second-order valence-electron chi connectivity index (χ2n) is 4.41. The SMILES string of the molecule is CC1CCCN(C(=O)c2ccc[nH]c2=S)C1. The fraction of sp³-hybridized carbons (Fsp3) is 0.500. The normalized spacial score (nSPS) is 20.8. The molecule has 0 saturated carbocycles. The third-order valence-corrected chi connectivity index (χ3v) is 3.33. The van der Waals surface area contributed by atoms with E-state index in [0.717, 1.165) is 19.5 Å². The summed E-state index contributed by atoms with van der Waals surface area (Å²) in [7, 11) is 0. The zero-order valence-electron chi connectivity index (χ0n) is 9.40. The van der Waals surface area contributed by atoms with Crippen molar-refractivity contribution >= 4 is 18.1 Å². The molecule has 0 radical (unpaired) electrons. The molecule has 1 aliphatic heterocycles. The van der Waals surface area contributed by atoms with Crippen molar-refractivity contribution in [3.63, 3.8) is 0 Å². The third kappa shape index (κ3) is 2.32. The maximum atomic E-state index is 12.2. The van der Waals surface area contributed by atoms with Gasteiger partial charge in [-0.2, -0.15) is 0 Å². The number of nitrogens with zero attached hydrogens (tertiary/aromatic N) is 1. The summed E-state index contributed by atoms with van der Waals surface area (Å²) in [6.07, 6.45) is 4.06. The summed E-state index contributed by atoms with van der Waals surface area (Å²) >= 11 is 5.12. The molecule has 0 bridgehead atoms. The van der Waals surface area contributed by atoms with Crippen molar-refractivity contribution in [1.29, 1.82) is 0 Å². The van der Waals surface area contributed by atoms with E-state index in [1.165, 1.54) is 6.42 Å². The molecule has 0 aliphatic carbocycles. The second-order valence-corrected chi connectivity index (χ2v) is 4.82. The summed E-state index contributed by atoms with van der Waals surface area (Å²) < 4.78 is 0.533. The molecule has 2 rings (SSSR count). The van der Waals surface area contributed by atoms with E-state index in [0.29, 0.717) is 16.1 Å². The Morgan fingerprint density at radius 2 is 2.44 bits per heavy atom. The fourth-order valence-electron chi connectivity index (χ4n) is 2.13. The monoisotopic (exact) mass is 236 g/mol. The van der Waals surface area contributed by atoms with Crippen LogP contribution in [-0.4, -0.2) is 28.9 Å². The smallest absolute Gasteiger partial charge is 0.256 e. The number of likely N-dealkylation sites (tertiary alicyclic amines) is 1. The first kappa shape index (κ1) is 11.3. The zero-order valence-corrected chi connectivity index (χ0v) is 10.2. The number of amides is 1. The van der Waals surface area contributed by atoms with Crippen LogP contribution in [0.5, 0.6) is 0 Å². The highest BCUT2D eigenvalue weighted by Crippen LogP contribution is 2.17. The molecule has 16 heavy (non-hydrogen) atoms. The van der Waals surface area contributed by atoms with Gasteiger partial charge in [0, 0.05) is 19.3 Å². The van der Waals surface area contributed by atoms with E-state index in [4.69, 9.17) is 12.2 Å². The van der Waals surface area contributed by atoms with E-state index >= 15 is 0 Å². The van der Waals surface area contributed by atoms with Crippen molar-refractivity contribution in [3.05, 3.63) is 28.5 Å². The Hall–Kier alpha value is -1.16. The van der Waals surface area contributed by atoms with Gasteiger partial charge < -0.3 is 9.88 Å². The minimum atomic E-state index is 0.0633. The van der Waals surface area contributed by atoms with Crippen molar-refractivity contribution in [3.8, 4) is 0 Å². The Morgan fingerprint density at radius 1 is 1.62 bits per heavy atom. The first-order valence-corrected chi connectivity index (χ1v) is 6.06. The molecule has 1 aromatic heterocycles. The Balaban J connectivity index is 2.19. The van der Waals surface area contributed by atoms with Gasteiger partial charge in [-0.15, -0.1) is 0 Å². The van der Waals surface area contributed by atoms with Gasteiger partial charge in [0.15, 0.2) is 0 Å². The Labute approximate surface area is 100 Å². The molecular formula is C12H16N2OS. The average molecular weight is 236 g/mol. The van der Waals surface area contributed by atoms with E-state index in [1.807, 2.05) is 11.0 Å². The number of carbonyl (C=O) groups excluding carboxylic acids is 1. The fourth-order valence-corrected chi connectivity index (χ4v) is 2.36. The topological polar surface area (TPSA) is 36.1 Å². The van der Waals surface area contributed by atoms with Gasteiger partial charge in [0.05, 0.1) is 5.56 Å². The third-order valence-electron chi connectivity index (χ3n) is 2.99. The van der Waals surface area contributed by atoms with Gasteiger partial charge >= 0.3 is 0 Å². The van der Waals surface area contributed by atoms with Crippen LogP contribution in [0, 0.1) is 10.6 Å². The number of aromatic nitrogens is 1. The van der Waals surface area contributed by atoms with Crippen molar-refractivity contribution < 1.29 is 4.79 Å². The Morgan fingerprint density at radius 3 is 3.12 bits per heavy atom. The van der Waals surface area contributed by atoms with Crippen LogP contribution in [0.3, 0.4) is 0 Å². The predicted octanol–water partition coefficient (Wildman–Crippen LogP) is 2.62. The summed E-state index contributed by atoms with van der Waals surface area (Å²) in [5.74, 6) is 0.660. The molecule has 1 saturated heterocycles. The molecule has 1 N–H and O–H groups in total. The maximum Gasteiger partial charge on any atom is 0.256 e. The highest BCUT2D eigenvalue weighted by molar-refractivity contribution is 7.71. The summed E-state index contributed by atoms with van der Waals surface area (Å²) in [5, 5.41) is 0. The lowest BCUT2D eigenvalue weighted by Gasteiger charge is -2.30. The molecule has 1 aromatic rings. The van der Waals surface area contributed by atoms with E-state index < -0.39 is 0 Å². The predicted molar refractivity (Wildman–Crippen MR) is 65.9 cm³/mol. The van der Waals surface area contributed by atoms with Gasteiger partial charge in [-0.25, -0.2) is 0 Å². The number of hydrogen-bond donors (Lipinski definition) is 1. The quantitative estimate of drug-likeness (QED) is 0.761. The first-order valence-electron chi connectivity index (χ1n) is 5.65. The average Bonchev–Trinajstić information content (AvgIpc) is 2.29. The van der Waals surface area contributed by atoms with Crippen molar-refractivity contribution in [2.45, 2.75) is 19.8 Å². The van der Waals surface area contributed by atoms with Crippen molar-refractivity contribution in [2.75, 3.05) is 13.1 Å². The van der Waals surface area contributed by atoms with Crippen LogP contribution in [-0.2, 0) is 0 Å². The van der Waals surface area contributed by atoms with Gasteiger partial charge in [-0.05, 0) is 30.9 Å². The summed E-state index contributed by atoms with van der Waals surface area (Å²) in [6.45, 7) is 3.89. The lowest BCUT2D eigenvalue weighted by molar-refractivity contribution is 0.0682. The molecule has 1 unspecified atom stereocenters. The molecule has 0 aromatic carbocycles. The number of aromatic amines is 1. The number of rotatable bonds is 1. The van der Waals surface area contributed by atoms with Gasteiger partial charge in [0.2, 0.25) is 0 Å². The van der Waals surface area contributed by atoms with Crippen LogP contribution in [0.4, 0.5) is 0 Å². The highest BCUT2D eigenvalue weighted by atomic mass is 32.1. The summed E-state index contributed by atoms with van der Waals surface area (Å²) in [5.41, 5.74) is 0.617. The van der Waals surface area contributed by atoms with Crippen LogP contribution >= 0.6 is 12.2 Å².